The van der Waals surface area contributed by atoms with Gasteiger partial charge in [-0.05, 0) is 26.3 Å². The van der Waals surface area contributed by atoms with Gasteiger partial charge in [0, 0.05) is 28.1 Å². The van der Waals surface area contributed by atoms with Crippen molar-refractivity contribution in [3.8, 4) is 5.75 Å². The first-order chi connectivity index (χ1) is 16.1. The zero-order valence-electron chi connectivity index (χ0n) is 18.6. The number of nitro groups is 1. The molecule has 2 unspecified atom stereocenters. The average Bonchev–Trinajstić information content (AvgIpc) is 3.11. The minimum atomic E-state index is -1.95. The molecule has 0 aromatic heterocycles. The number of carbonyl (C=O) groups is 4. The Balaban J connectivity index is 2.14. The Morgan fingerprint density at radius 2 is 1.91 bits per heavy atom. The van der Waals surface area contributed by atoms with Crippen molar-refractivity contribution < 1.29 is 38.7 Å². The monoisotopic (exact) mass is 488 g/mol. The fourth-order valence-corrected chi connectivity index (χ4v) is 6.51. The number of ketones is 1. The molecule has 34 heavy (non-hydrogen) atoms. The number of methoxy groups -OCH3 is 2. The first kappa shape index (κ1) is 23.5. The minimum Gasteiger partial charge on any atom is -0.507 e. The predicted octanol–water partition coefficient (Wildman–Crippen LogP) is 2.08. The molecule has 12 heteroatoms. The van der Waals surface area contributed by atoms with E-state index in [9.17, 15) is 34.4 Å². The van der Waals surface area contributed by atoms with E-state index < -0.39 is 50.8 Å². The summed E-state index contributed by atoms with van der Waals surface area (Å²) in [4.78, 5) is 65.9. The third-order valence-corrected chi connectivity index (χ3v) is 8.17. The number of fused-ring (bicyclic) bond motifs is 4. The molecule has 3 atom stereocenters. The smallest absolute Gasteiger partial charge is 0.355 e. The molecule has 3 aliphatic rings. The average molecular weight is 488 g/mol. The number of Topliss-reactive ketones (excluding diaryl/α,β-unsaturated/α-hetero) is 1. The van der Waals surface area contributed by atoms with E-state index in [-0.39, 0.29) is 28.8 Å². The number of phenolic OH excluding ortho intramolecular Hbond substituents is 1. The van der Waals surface area contributed by atoms with Crippen LogP contribution in [0.2, 0.25) is 0 Å². The van der Waals surface area contributed by atoms with Crippen LogP contribution >= 0.6 is 11.8 Å². The molecule has 1 N–H and O–H groups in total. The van der Waals surface area contributed by atoms with E-state index in [1.165, 1.54) is 4.90 Å². The number of rotatable bonds is 4. The molecule has 0 amide bonds. The predicted molar refractivity (Wildman–Crippen MR) is 117 cm³/mol. The number of phenols is 1. The van der Waals surface area contributed by atoms with Crippen molar-refractivity contribution >= 4 is 41.5 Å². The van der Waals surface area contributed by atoms with Gasteiger partial charge < -0.3 is 24.3 Å². The first-order valence-electron chi connectivity index (χ1n) is 10.1. The fraction of sp³-hybridized carbons (Fsp3) is 0.364. The van der Waals surface area contributed by atoms with Crippen LogP contribution in [0.4, 0.5) is 5.69 Å². The molecule has 1 aromatic rings. The minimum absolute atomic E-state index is 0.124. The normalized spacial score (nSPS) is 25.4. The van der Waals surface area contributed by atoms with E-state index in [4.69, 9.17) is 9.47 Å². The molecule has 4 rings (SSSR count). The highest BCUT2D eigenvalue weighted by Gasteiger charge is 2.66. The van der Waals surface area contributed by atoms with Crippen molar-refractivity contribution in [2.24, 2.45) is 11.3 Å². The highest BCUT2D eigenvalue weighted by molar-refractivity contribution is 8.03. The second-order valence-corrected chi connectivity index (χ2v) is 9.37. The van der Waals surface area contributed by atoms with Crippen LogP contribution in [-0.4, -0.2) is 58.5 Å². The van der Waals surface area contributed by atoms with Crippen molar-refractivity contribution in [1.82, 2.24) is 4.90 Å². The zero-order valence-corrected chi connectivity index (χ0v) is 19.4. The molecule has 11 nitrogen and oxygen atoms in total. The molecule has 2 aliphatic heterocycles. The molecule has 0 bridgehead atoms. The van der Waals surface area contributed by atoms with E-state index >= 15 is 0 Å². The number of thioether (sulfide) groups is 1. The summed E-state index contributed by atoms with van der Waals surface area (Å²) in [5, 5.41) is 21.2. The number of esters is 2. The highest BCUT2D eigenvalue weighted by Crippen LogP contribution is 2.60. The molecular formula is C22H20N2O9S. The summed E-state index contributed by atoms with van der Waals surface area (Å²) in [6, 6.07) is 2.08. The number of aromatic hydroxyl groups is 1. The van der Waals surface area contributed by atoms with Crippen molar-refractivity contribution in [3.05, 3.63) is 55.2 Å². The lowest BCUT2D eigenvalue weighted by Gasteiger charge is -2.50. The van der Waals surface area contributed by atoms with Gasteiger partial charge in [-0.15, -0.1) is 11.8 Å². The van der Waals surface area contributed by atoms with E-state index in [0.29, 0.717) is 16.9 Å². The summed E-state index contributed by atoms with van der Waals surface area (Å²) < 4.78 is 9.85. The Hall–Kier alpha value is -3.67. The Kier molecular flexibility index (Phi) is 5.51. The second kappa shape index (κ2) is 7.97. The fourth-order valence-electron chi connectivity index (χ4n) is 5.02. The van der Waals surface area contributed by atoms with E-state index in [2.05, 4.69) is 0 Å². The van der Waals surface area contributed by atoms with Gasteiger partial charge in [-0.2, -0.15) is 0 Å². The van der Waals surface area contributed by atoms with Crippen LogP contribution in [0.3, 0.4) is 0 Å². The molecule has 1 aliphatic carbocycles. The summed E-state index contributed by atoms with van der Waals surface area (Å²) in [6.07, 6.45) is 0.0766. The van der Waals surface area contributed by atoms with Crippen LogP contribution in [0.25, 0.3) is 0 Å². The number of aldehydes is 1. The summed E-state index contributed by atoms with van der Waals surface area (Å²) in [6.45, 7) is 3.41. The molecule has 0 spiro atoms. The number of benzene rings is 1. The number of hydrogen-bond donors (Lipinski definition) is 1. The maximum Gasteiger partial charge on any atom is 0.355 e. The third-order valence-electron chi connectivity index (χ3n) is 6.69. The topological polar surface area (TPSA) is 153 Å². The Morgan fingerprint density at radius 1 is 1.26 bits per heavy atom. The third kappa shape index (κ3) is 2.84. The molecule has 0 saturated heterocycles. The lowest BCUT2D eigenvalue weighted by atomic mass is 9.59. The van der Waals surface area contributed by atoms with E-state index in [0.717, 1.165) is 38.1 Å². The van der Waals surface area contributed by atoms with Gasteiger partial charge in [0.1, 0.15) is 28.5 Å². The number of ether oxygens (including phenoxy) is 2. The quantitative estimate of drug-likeness (QED) is 0.218. The van der Waals surface area contributed by atoms with Crippen LogP contribution in [0, 0.1) is 21.4 Å². The Bertz CT molecular complexity index is 1250. The van der Waals surface area contributed by atoms with Crippen molar-refractivity contribution in [3.63, 3.8) is 0 Å². The second-order valence-electron chi connectivity index (χ2n) is 8.08. The van der Waals surface area contributed by atoms with Crippen LogP contribution < -0.4 is 0 Å². The Morgan fingerprint density at radius 3 is 2.47 bits per heavy atom. The molecule has 0 saturated carbocycles. The van der Waals surface area contributed by atoms with Crippen LogP contribution in [-0.2, 0) is 30.3 Å². The molecule has 0 fully saturated rings. The van der Waals surface area contributed by atoms with Crippen LogP contribution in [0.1, 0.15) is 29.8 Å². The lowest BCUT2D eigenvalue weighted by Crippen LogP contribution is -2.61. The standard InChI is InChI=1S/C22H20N2O9S/c1-9-10(2)34-21-22(8-25)12(16(19(28)32-3)17(23(9)21)20(29)33-4)7-11-13(24(30)31)5-6-14(26)15(11)18(22)27/h5-6,8,12,21,26H,7H2,1-4H3/t12-,21?,22?/m1/s1. The van der Waals surface area contributed by atoms with Gasteiger partial charge in [0.15, 0.2) is 5.78 Å². The summed E-state index contributed by atoms with van der Waals surface area (Å²) >= 11 is 1.16. The van der Waals surface area contributed by atoms with Crippen molar-refractivity contribution in [2.75, 3.05) is 14.2 Å². The first-order valence-corrected chi connectivity index (χ1v) is 11.0. The van der Waals surface area contributed by atoms with E-state index in [1.807, 2.05) is 0 Å². The van der Waals surface area contributed by atoms with Gasteiger partial charge in [0.05, 0.1) is 30.3 Å². The van der Waals surface area contributed by atoms with Crippen molar-refractivity contribution in [1.29, 1.82) is 0 Å². The van der Waals surface area contributed by atoms with Gasteiger partial charge in [0.25, 0.3) is 5.69 Å². The van der Waals surface area contributed by atoms with Gasteiger partial charge in [-0.25, -0.2) is 9.59 Å². The van der Waals surface area contributed by atoms with Gasteiger partial charge >= 0.3 is 11.9 Å². The van der Waals surface area contributed by atoms with Crippen LogP contribution in [0.5, 0.6) is 5.75 Å². The number of nitro benzene ring substituents is 1. The zero-order chi connectivity index (χ0) is 25.1. The van der Waals surface area contributed by atoms with Gasteiger partial charge in [-0.1, -0.05) is 0 Å². The number of hydrogen-bond acceptors (Lipinski definition) is 11. The molecule has 0 radical (unpaired) electrons. The highest BCUT2D eigenvalue weighted by atomic mass is 32.2. The largest absolute Gasteiger partial charge is 0.507 e. The number of allylic oxidation sites excluding steroid dienone is 2. The van der Waals surface area contributed by atoms with Crippen LogP contribution in [0.15, 0.2) is 34.0 Å². The summed E-state index contributed by atoms with van der Waals surface area (Å²) in [7, 11) is 2.21. The molecule has 1 aromatic carbocycles. The SMILES string of the molecule is COC(=O)C1=C(C(=O)OC)N2C(C)=C(C)SC2C2(C=O)C(=O)c3c(O)ccc([N+](=O)[O-])c3C[C@H]12. The Labute approximate surface area is 197 Å². The molecular weight excluding hydrogens is 468 g/mol. The summed E-state index contributed by atoms with van der Waals surface area (Å²) in [5.41, 5.74) is -2.82. The van der Waals surface area contributed by atoms with E-state index in [1.54, 1.807) is 13.8 Å². The maximum atomic E-state index is 14.0. The molecule has 178 valence electrons. The molecule has 2 heterocycles. The maximum absolute atomic E-state index is 14.0. The van der Waals surface area contributed by atoms with Crippen molar-refractivity contribution in [2.45, 2.75) is 25.6 Å². The number of carbonyl (C=O) groups excluding carboxylic acids is 4. The number of nitrogens with zero attached hydrogens (tertiary/aromatic N) is 2. The van der Waals surface area contributed by atoms with Gasteiger partial charge in [0.2, 0.25) is 0 Å². The lowest BCUT2D eigenvalue weighted by molar-refractivity contribution is -0.385. The van der Waals surface area contributed by atoms with Gasteiger partial charge in [-0.3, -0.25) is 14.9 Å². The summed E-state index contributed by atoms with van der Waals surface area (Å²) in [5.74, 6) is -4.52.